The first kappa shape index (κ1) is 12.0. The number of carboxylic acid groups (broad SMARTS) is 2. The maximum absolute atomic E-state index is 13.7. The summed E-state index contributed by atoms with van der Waals surface area (Å²) in [5.41, 5.74) is -0.493. The van der Waals surface area contributed by atoms with E-state index in [0.717, 1.165) is 6.07 Å². The summed E-state index contributed by atoms with van der Waals surface area (Å²) in [7, 11) is 0. The Labute approximate surface area is 101 Å². The zero-order valence-corrected chi connectivity index (χ0v) is 9.27. The lowest BCUT2D eigenvalue weighted by Crippen LogP contribution is -2.07. The molecule has 0 unspecified atom stereocenters. The lowest BCUT2D eigenvalue weighted by Gasteiger charge is -2.06. The van der Waals surface area contributed by atoms with Crippen LogP contribution in [0.3, 0.4) is 0 Å². The summed E-state index contributed by atoms with van der Waals surface area (Å²) >= 11 is 0. The van der Waals surface area contributed by atoms with Crippen LogP contribution in [0.4, 0.5) is 4.39 Å². The quantitative estimate of drug-likeness (QED) is 0.850. The smallest absolute Gasteiger partial charge is 0.354 e. The highest BCUT2D eigenvalue weighted by atomic mass is 19.1. The van der Waals surface area contributed by atoms with Crippen molar-refractivity contribution >= 4 is 22.8 Å². The largest absolute Gasteiger partial charge is 0.478 e. The lowest BCUT2D eigenvalue weighted by atomic mass is 10.0. The zero-order valence-electron chi connectivity index (χ0n) is 9.27. The first-order chi connectivity index (χ1) is 8.40. The summed E-state index contributed by atoms with van der Waals surface area (Å²) in [5, 5.41) is 17.9. The molecule has 0 atom stereocenters. The van der Waals surface area contributed by atoms with E-state index in [4.69, 9.17) is 10.2 Å². The SMILES string of the molecule is Cc1cc(F)c2nc(C(=O)O)cc(C(=O)O)c2c1. The van der Waals surface area contributed by atoms with Crippen LogP contribution in [0.2, 0.25) is 0 Å². The highest BCUT2D eigenvalue weighted by molar-refractivity contribution is 6.05. The minimum Gasteiger partial charge on any atom is -0.478 e. The first-order valence-electron chi connectivity index (χ1n) is 4.97. The van der Waals surface area contributed by atoms with Gasteiger partial charge in [0.25, 0.3) is 0 Å². The van der Waals surface area contributed by atoms with E-state index in [9.17, 15) is 14.0 Å². The molecule has 0 amide bonds. The number of benzene rings is 1. The third-order valence-corrected chi connectivity index (χ3v) is 2.46. The van der Waals surface area contributed by atoms with Gasteiger partial charge < -0.3 is 10.2 Å². The average Bonchev–Trinajstić information content (AvgIpc) is 2.27. The molecule has 0 spiro atoms. The van der Waals surface area contributed by atoms with Crippen molar-refractivity contribution in [1.82, 2.24) is 4.98 Å². The van der Waals surface area contributed by atoms with E-state index in [2.05, 4.69) is 4.98 Å². The standard InChI is InChI=1S/C12H8FNO4/c1-5-2-6-7(11(15)16)4-9(12(17)18)14-10(6)8(13)3-5/h2-4H,1H3,(H,15,16)(H,17,18). The number of pyridine rings is 1. The molecule has 0 bridgehead atoms. The van der Waals surface area contributed by atoms with E-state index < -0.39 is 23.4 Å². The predicted octanol–water partition coefficient (Wildman–Crippen LogP) is 2.08. The van der Waals surface area contributed by atoms with E-state index in [1.165, 1.54) is 12.1 Å². The Bertz CT molecular complexity index is 681. The molecule has 2 aromatic rings. The molecule has 1 aromatic heterocycles. The molecule has 0 saturated heterocycles. The number of fused-ring (bicyclic) bond motifs is 1. The Hall–Kier alpha value is -2.50. The van der Waals surface area contributed by atoms with Crippen LogP contribution in [0, 0.1) is 12.7 Å². The van der Waals surface area contributed by atoms with Crippen LogP contribution in [-0.2, 0) is 0 Å². The number of hydrogen-bond donors (Lipinski definition) is 2. The van der Waals surface area contributed by atoms with Crippen molar-refractivity contribution in [1.29, 1.82) is 0 Å². The van der Waals surface area contributed by atoms with E-state index in [1.54, 1.807) is 6.92 Å². The normalized spacial score (nSPS) is 10.6. The third-order valence-electron chi connectivity index (χ3n) is 2.46. The number of aromatic carboxylic acids is 2. The molecule has 0 aliphatic rings. The molecule has 5 nitrogen and oxygen atoms in total. The topological polar surface area (TPSA) is 87.5 Å². The Balaban J connectivity index is 2.94. The Morgan fingerprint density at radius 2 is 1.83 bits per heavy atom. The van der Waals surface area contributed by atoms with Crippen molar-refractivity contribution in [3.63, 3.8) is 0 Å². The maximum Gasteiger partial charge on any atom is 0.354 e. The first-order valence-corrected chi connectivity index (χ1v) is 4.97. The van der Waals surface area contributed by atoms with Crippen LogP contribution in [0.5, 0.6) is 0 Å². The number of aromatic nitrogens is 1. The van der Waals surface area contributed by atoms with Gasteiger partial charge in [-0.25, -0.2) is 19.0 Å². The van der Waals surface area contributed by atoms with Crippen LogP contribution < -0.4 is 0 Å². The molecule has 0 fully saturated rings. The van der Waals surface area contributed by atoms with Crippen LogP contribution in [0.25, 0.3) is 10.9 Å². The molecule has 92 valence electrons. The Kier molecular flexibility index (Phi) is 2.70. The van der Waals surface area contributed by atoms with Gasteiger partial charge in [0.1, 0.15) is 17.0 Å². The van der Waals surface area contributed by atoms with Gasteiger partial charge in [-0.2, -0.15) is 0 Å². The predicted molar refractivity (Wildman–Crippen MR) is 60.4 cm³/mol. The Morgan fingerprint density at radius 3 is 2.39 bits per heavy atom. The van der Waals surface area contributed by atoms with Gasteiger partial charge in [-0.15, -0.1) is 0 Å². The van der Waals surface area contributed by atoms with Crippen LogP contribution >= 0.6 is 0 Å². The van der Waals surface area contributed by atoms with Gasteiger partial charge in [0.2, 0.25) is 0 Å². The van der Waals surface area contributed by atoms with Gasteiger partial charge >= 0.3 is 11.9 Å². The summed E-state index contributed by atoms with van der Waals surface area (Å²) in [6.07, 6.45) is 0. The van der Waals surface area contributed by atoms with Crippen molar-refractivity contribution in [3.8, 4) is 0 Å². The fraction of sp³-hybridized carbons (Fsp3) is 0.0833. The minimum atomic E-state index is -1.40. The lowest BCUT2D eigenvalue weighted by molar-refractivity contribution is 0.0691. The molecular weight excluding hydrogens is 241 g/mol. The van der Waals surface area contributed by atoms with Crippen LogP contribution in [0.1, 0.15) is 26.4 Å². The molecule has 1 heterocycles. The number of carbonyl (C=O) groups is 2. The van der Waals surface area contributed by atoms with Crippen LogP contribution in [0.15, 0.2) is 18.2 Å². The summed E-state index contributed by atoms with van der Waals surface area (Å²) < 4.78 is 13.7. The monoisotopic (exact) mass is 249 g/mol. The molecule has 2 N–H and O–H groups in total. The highest BCUT2D eigenvalue weighted by Gasteiger charge is 2.17. The van der Waals surface area contributed by atoms with Crippen molar-refractivity contribution in [2.24, 2.45) is 0 Å². The zero-order chi connectivity index (χ0) is 13.4. The van der Waals surface area contributed by atoms with Gasteiger partial charge in [0.05, 0.1) is 5.56 Å². The molecule has 0 saturated carbocycles. The molecule has 18 heavy (non-hydrogen) atoms. The number of halogens is 1. The van der Waals surface area contributed by atoms with E-state index >= 15 is 0 Å². The number of carboxylic acids is 2. The van der Waals surface area contributed by atoms with E-state index in [0.29, 0.717) is 5.56 Å². The average molecular weight is 249 g/mol. The van der Waals surface area contributed by atoms with Crippen LogP contribution in [-0.4, -0.2) is 27.1 Å². The number of aryl methyl sites for hydroxylation is 1. The second-order valence-corrected chi connectivity index (χ2v) is 3.81. The second-order valence-electron chi connectivity index (χ2n) is 3.81. The van der Waals surface area contributed by atoms with Gasteiger partial charge in [0.15, 0.2) is 0 Å². The molecule has 1 aromatic carbocycles. The van der Waals surface area contributed by atoms with Crippen molar-refractivity contribution in [3.05, 3.63) is 40.8 Å². The fourth-order valence-corrected chi connectivity index (χ4v) is 1.71. The van der Waals surface area contributed by atoms with Gasteiger partial charge in [-0.3, -0.25) is 0 Å². The third kappa shape index (κ3) is 1.88. The summed E-state index contributed by atoms with van der Waals surface area (Å²) in [4.78, 5) is 25.5. The summed E-state index contributed by atoms with van der Waals surface area (Å²) in [6, 6.07) is 3.55. The van der Waals surface area contributed by atoms with Gasteiger partial charge in [-0.1, -0.05) is 0 Å². The second kappa shape index (κ2) is 4.06. The molecular formula is C12H8FNO4. The minimum absolute atomic E-state index is 0.0880. The number of nitrogens with zero attached hydrogens (tertiary/aromatic N) is 1. The maximum atomic E-state index is 13.7. The van der Waals surface area contributed by atoms with Crippen molar-refractivity contribution in [2.75, 3.05) is 0 Å². The Morgan fingerprint density at radius 1 is 1.17 bits per heavy atom. The summed E-state index contributed by atoms with van der Waals surface area (Å²) in [5.74, 6) is -3.47. The number of rotatable bonds is 2. The molecule has 0 radical (unpaired) electrons. The van der Waals surface area contributed by atoms with Crippen molar-refractivity contribution in [2.45, 2.75) is 6.92 Å². The van der Waals surface area contributed by atoms with Crippen molar-refractivity contribution < 1.29 is 24.2 Å². The van der Waals surface area contributed by atoms with E-state index in [1.807, 2.05) is 0 Å². The van der Waals surface area contributed by atoms with Gasteiger partial charge in [-0.05, 0) is 30.7 Å². The highest BCUT2D eigenvalue weighted by Crippen LogP contribution is 2.23. The molecule has 0 aliphatic heterocycles. The fourth-order valence-electron chi connectivity index (χ4n) is 1.71. The number of hydrogen-bond acceptors (Lipinski definition) is 3. The summed E-state index contributed by atoms with van der Waals surface area (Å²) in [6.45, 7) is 1.61. The van der Waals surface area contributed by atoms with E-state index in [-0.39, 0.29) is 16.5 Å². The van der Waals surface area contributed by atoms with Gasteiger partial charge in [0, 0.05) is 5.39 Å². The molecule has 0 aliphatic carbocycles. The molecule has 6 heteroatoms. The molecule has 2 rings (SSSR count).